The third kappa shape index (κ3) is 4.31. The van der Waals surface area contributed by atoms with Crippen LogP contribution < -0.4 is 5.32 Å². The Hall–Kier alpha value is -2.18. The summed E-state index contributed by atoms with van der Waals surface area (Å²) in [4.78, 5) is 13.3. The molecule has 1 fully saturated rings. The number of likely N-dealkylation sites (tertiary alicyclic amines) is 1. The van der Waals surface area contributed by atoms with Crippen molar-refractivity contribution in [1.29, 1.82) is 0 Å². The molecule has 1 heterocycles. The van der Waals surface area contributed by atoms with E-state index in [2.05, 4.69) is 22.3 Å². The minimum atomic E-state index is -3.45. The van der Waals surface area contributed by atoms with Crippen LogP contribution in [-0.2, 0) is 21.1 Å². The fraction of sp³-hybridized carbons (Fsp3) is 0.350. The third-order valence-corrected chi connectivity index (χ3v) is 7.26. The summed E-state index contributed by atoms with van der Waals surface area (Å²) in [6.45, 7) is 2.50. The molecule has 2 aromatic rings. The number of rotatable bonds is 7. The molecule has 3 rings (SSSR count). The monoisotopic (exact) mass is 372 g/mol. The van der Waals surface area contributed by atoms with Gasteiger partial charge >= 0.3 is 0 Å². The van der Waals surface area contributed by atoms with Crippen molar-refractivity contribution in [2.24, 2.45) is 0 Å². The number of hydrogen-bond donors (Lipinski definition) is 1. The highest BCUT2D eigenvalue weighted by atomic mass is 32.2. The zero-order chi connectivity index (χ0) is 18.4. The number of sulfone groups is 1. The number of carbonyl (C=O) groups is 1. The van der Waals surface area contributed by atoms with Gasteiger partial charge in [0.2, 0.25) is 6.41 Å². The molecular formula is C20H24N2O3S. The van der Waals surface area contributed by atoms with Gasteiger partial charge in [-0.3, -0.25) is 4.79 Å². The van der Waals surface area contributed by atoms with Crippen molar-refractivity contribution in [1.82, 2.24) is 4.90 Å². The molecule has 1 saturated heterocycles. The first-order valence-electron chi connectivity index (χ1n) is 8.90. The number of anilines is 1. The Bertz CT molecular complexity index is 829. The summed E-state index contributed by atoms with van der Waals surface area (Å²) in [5.41, 5.74) is 1.66. The van der Waals surface area contributed by atoms with Crippen LogP contribution in [-0.4, -0.2) is 44.6 Å². The number of hydrogen-bond acceptors (Lipinski definition) is 4. The van der Waals surface area contributed by atoms with E-state index in [0.717, 1.165) is 26.1 Å². The van der Waals surface area contributed by atoms with Crippen LogP contribution in [0.3, 0.4) is 0 Å². The highest BCUT2D eigenvalue weighted by Gasteiger charge is 2.32. The standard InChI is InChI=1S/C20H24N2O3S/c23-16-21-19-8-4-5-9-20(19)26(24,25)18-11-14-22(15-12-18)13-10-17-6-2-1-3-7-17/h1-9,16,18H,10-15H2,(H,21,23). The van der Waals surface area contributed by atoms with Gasteiger partial charge in [0.05, 0.1) is 15.8 Å². The lowest BCUT2D eigenvalue weighted by Crippen LogP contribution is -2.40. The van der Waals surface area contributed by atoms with Crippen molar-refractivity contribution in [2.45, 2.75) is 29.4 Å². The Morgan fingerprint density at radius 3 is 2.35 bits per heavy atom. The third-order valence-electron chi connectivity index (χ3n) is 4.94. The minimum absolute atomic E-state index is 0.217. The molecule has 0 unspecified atom stereocenters. The number of amides is 1. The van der Waals surface area contributed by atoms with Crippen LogP contribution in [0.4, 0.5) is 5.69 Å². The average Bonchev–Trinajstić information content (AvgIpc) is 2.68. The van der Waals surface area contributed by atoms with E-state index < -0.39 is 15.1 Å². The quantitative estimate of drug-likeness (QED) is 0.759. The van der Waals surface area contributed by atoms with Crippen molar-refractivity contribution in [3.8, 4) is 0 Å². The van der Waals surface area contributed by atoms with Gasteiger partial charge in [-0.25, -0.2) is 8.42 Å². The Morgan fingerprint density at radius 2 is 1.65 bits per heavy atom. The van der Waals surface area contributed by atoms with E-state index in [0.29, 0.717) is 24.9 Å². The van der Waals surface area contributed by atoms with Crippen LogP contribution >= 0.6 is 0 Å². The van der Waals surface area contributed by atoms with Gasteiger partial charge in [0.25, 0.3) is 0 Å². The van der Waals surface area contributed by atoms with E-state index in [9.17, 15) is 13.2 Å². The van der Waals surface area contributed by atoms with E-state index in [-0.39, 0.29) is 4.90 Å². The molecule has 0 aromatic heterocycles. The van der Waals surface area contributed by atoms with Gasteiger partial charge in [0.15, 0.2) is 9.84 Å². The minimum Gasteiger partial charge on any atom is -0.328 e. The van der Waals surface area contributed by atoms with E-state index in [1.807, 2.05) is 18.2 Å². The summed E-state index contributed by atoms with van der Waals surface area (Å²) in [5, 5.41) is 2.10. The molecule has 5 nitrogen and oxygen atoms in total. The molecule has 1 aliphatic rings. The molecule has 6 heteroatoms. The maximum absolute atomic E-state index is 13.0. The molecule has 0 aliphatic carbocycles. The topological polar surface area (TPSA) is 66.5 Å². The Morgan fingerprint density at radius 1 is 1.00 bits per heavy atom. The molecule has 1 amide bonds. The van der Waals surface area contributed by atoms with Gasteiger partial charge in [-0.15, -0.1) is 0 Å². The van der Waals surface area contributed by atoms with Crippen LogP contribution in [0.25, 0.3) is 0 Å². The van der Waals surface area contributed by atoms with Crippen molar-refractivity contribution in [3.63, 3.8) is 0 Å². The number of benzene rings is 2. The highest BCUT2D eigenvalue weighted by molar-refractivity contribution is 7.92. The van der Waals surface area contributed by atoms with Gasteiger partial charge < -0.3 is 10.2 Å². The summed E-state index contributed by atoms with van der Waals surface area (Å²) in [6.07, 6.45) is 2.73. The van der Waals surface area contributed by atoms with Gasteiger partial charge in [-0.1, -0.05) is 42.5 Å². The molecule has 0 saturated carbocycles. The molecule has 0 atom stereocenters. The SMILES string of the molecule is O=CNc1ccccc1S(=O)(=O)C1CCN(CCc2ccccc2)CC1. The fourth-order valence-electron chi connectivity index (χ4n) is 3.45. The molecule has 0 bridgehead atoms. The second-order valence-corrected chi connectivity index (χ2v) is 8.78. The van der Waals surface area contributed by atoms with Crippen molar-refractivity contribution >= 4 is 21.9 Å². The average molecular weight is 372 g/mol. The molecule has 2 aromatic carbocycles. The lowest BCUT2D eigenvalue weighted by atomic mass is 10.1. The van der Waals surface area contributed by atoms with E-state index in [4.69, 9.17) is 0 Å². The Balaban J connectivity index is 1.61. The second-order valence-electron chi connectivity index (χ2n) is 6.58. The van der Waals surface area contributed by atoms with Crippen LogP contribution in [0.15, 0.2) is 59.5 Å². The Kier molecular flexibility index (Phi) is 6.06. The predicted molar refractivity (Wildman–Crippen MR) is 103 cm³/mol. The van der Waals surface area contributed by atoms with Gasteiger partial charge in [0.1, 0.15) is 0 Å². The summed E-state index contributed by atoms with van der Waals surface area (Å²) in [5.74, 6) is 0. The smallest absolute Gasteiger partial charge is 0.211 e. The molecule has 26 heavy (non-hydrogen) atoms. The number of carbonyl (C=O) groups excluding carboxylic acids is 1. The first kappa shape index (κ1) is 18.6. The molecule has 138 valence electrons. The molecule has 1 N–H and O–H groups in total. The number of nitrogens with zero attached hydrogens (tertiary/aromatic N) is 1. The zero-order valence-corrected chi connectivity index (χ0v) is 15.5. The van der Waals surface area contributed by atoms with Crippen molar-refractivity contribution in [3.05, 3.63) is 60.2 Å². The van der Waals surface area contributed by atoms with Crippen LogP contribution in [0, 0.1) is 0 Å². The Labute approximate surface area is 154 Å². The normalized spacial score (nSPS) is 16.3. The number of nitrogens with one attached hydrogen (secondary N) is 1. The summed E-state index contributed by atoms with van der Waals surface area (Å²) >= 11 is 0. The first-order chi connectivity index (χ1) is 12.6. The largest absolute Gasteiger partial charge is 0.328 e. The molecule has 0 radical (unpaired) electrons. The zero-order valence-electron chi connectivity index (χ0n) is 14.7. The second kappa shape index (κ2) is 8.47. The molecular weight excluding hydrogens is 348 g/mol. The van der Waals surface area contributed by atoms with Crippen LogP contribution in [0.1, 0.15) is 18.4 Å². The fourth-order valence-corrected chi connectivity index (χ4v) is 5.34. The van der Waals surface area contributed by atoms with E-state index in [1.165, 1.54) is 5.56 Å². The number of piperidine rings is 1. The van der Waals surface area contributed by atoms with E-state index in [1.54, 1.807) is 24.3 Å². The van der Waals surface area contributed by atoms with Gasteiger partial charge in [0, 0.05) is 6.54 Å². The van der Waals surface area contributed by atoms with E-state index >= 15 is 0 Å². The van der Waals surface area contributed by atoms with Crippen LogP contribution in [0.2, 0.25) is 0 Å². The van der Waals surface area contributed by atoms with Crippen LogP contribution in [0.5, 0.6) is 0 Å². The molecule has 1 aliphatic heterocycles. The number of para-hydroxylation sites is 1. The van der Waals surface area contributed by atoms with Gasteiger partial charge in [-0.2, -0.15) is 0 Å². The lowest BCUT2D eigenvalue weighted by Gasteiger charge is -2.32. The lowest BCUT2D eigenvalue weighted by molar-refractivity contribution is -0.105. The van der Waals surface area contributed by atoms with Crippen molar-refractivity contribution < 1.29 is 13.2 Å². The summed E-state index contributed by atoms with van der Waals surface area (Å²) in [7, 11) is -3.45. The van der Waals surface area contributed by atoms with Crippen molar-refractivity contribution in [2.75, 3.05) is 25.0 Å². The highest BCUT2D eigenvalue weighted by Crippen LogP contribution is 2.29. The summed E-state index contributed by atoms with van der Waals surface area (Å²) in [6, 6.07) is 16.9. The van der Waals surface area contributed by atoms with Gasteiger partial charge in [-0.05, 0) is 50.0 Å². The summed E-state index contributed by atoms with van der Waals surface area (Å²) < 4.78 is 26.0. The molecule has 0 spiro atoms. The maximum Gasteiger partial charge on any atom is 0.211 e. The maximum atomic E-state index is 13.0. The predicted octanol–water partition coefficient (Wildman–Crippen LogP) is 2.74. The first-order valence-corrected chi connectivity index (χ1v) is 10.5.